The second kappa shape index (κ2) is 4.23. The van der Waals surface area contributed by atoms with E-state index in [9.17, 15) is 4.79 Å². The van der Waals surface area contributed by atoms with Crippen LogP contribution in [0.3, 0.4) is 0 Å². The molecular formula is C10H14ClN3O. The van der Waals surface area contributed by atoms with Crippen LogP contribution in [0, 0.1) is 6.92 Å². The zero-order valence-electron chi connectivity index (χ0n) is 8.66. The quantitative estimate of drug-likeness (QED) is 0.790. The summed E-state index contributed by atoms with van der Waals surface area (Å²) >= 11 is 5.39. The lowest BCUT2D eigenvalue weighted by atomic mass is 10.2. The van der Waals surface area contributed by atoms with Gasteiger partial charge in [-0.25, -0.2) is 0 Å². The van der Waals surface area contributed by atoms with Gasteiger partial charge in [-0.1, -0.05) is 0 Å². The van der Waals surface area contributed by atoms with Crippen LogP contribution in [0.25, 0.3) is 0 Å². The number of aryl methyl sites for hydroxylation is 1. The van der Waals surface area contributed by atoms with Crippen LogP contribution >= 0.6 is 11.6 Å². The van der Waals surface area contributed by atoms with Crippen LogP contribution in [-0.4, -0.2) is 21.6 Å². The monoisotopic (exact) mass is 227 g/mol. The Bertz CT molecular complexity index is 371. The molecule has 1 aliphatic carbocycles. The van der Waals surface area contributed by atoms with E-state index in [1.54, 1.807) is 0 Å². The molecule has 0 atom stereocenters. The van der Waals surface area contributed by atoms with Gasteiger partial charge in [0.15, 0.2) is 0 Å². The van der Waals surface area contributed by atoms with Crippen LogP contribution in [0.2, 0.25) is 0 Å². The molecule has 15 heavy (non-hydrogen) atoms. The molecule has 0 aliphatic heterocycles. The molecule has 0 saturated heterocycles. The molecule has 5 heteroatoms. The Morgan fingerprint density at radius 2 is 2.47 bits per heavy atom. The van der Waals surface area contributed by atoms with Gasteiger partial charge in [-0.2, -0.15) is 5.10 Å². The molecule has 0 spiro atoms. The fraction of sp³-hybridized carbons (Fsp3) is 0.600. The SMILES string of the molecule is Cc1nn(C2CC2)cc1CNC(=O)CCl. The van der Waals surface area contributed by atoms with Crippen LogP contribution in [-0.2, 0) is 11.3 Å². The zero-order valence-corrected chi connectivity index (χ0v) is 9.42. The van der Waals surface area contributed by atoms with Crippen molar-refractivity contribution in [3.05, 3.63) is 17.5 Å². The van der Waals surface area contributed by atoms with Gasteiger partial charge in [-0.15, -0.1) is 11.6 Å². The number of nitrogens with one attached hydrogen (secondary N) is 1. The summed E-state index contributed by atoms with van der Waals surface area (Å²) in [7, 11) is 0. The van der Waals surface area contributed by atoms with Gasteiger partial charge in [-0.05, 0) is 19.8 Å². The van der Waals surface area contributed by atoms with E-state index in [1.165, 1.54) is 12.8 Å². The van der Waals surface area contributed by atoms with E-state index in [0.29, 0.717) is 12.6 Å². The molecule has 1 N–H and O–H groups in total. The van der Waals surface area contributed by atoms with Crippen molar-refractivity contribution in [3.63, 3.8) is 0 Å². The summed E-state index contributed by atoms with van der Waals surface area (Å²) in [6.45, 7) is 2.48. The number of alkyl halides is 1. The van der Waals surface area contributed by atoms with Crippen molar-refractivity contribution in [2.75, 3.05) is 5.88 Å². The number of amides is 1. The van der Waals surface area contributed by atoms with Gasteiger partial charge in [0, 0.05) is 18.3 Å². The van der Waals surface area contributed by atoms with Gasteiger partial charge < -0.3 is 5.32 Å². The van der Waals surface area contributed by atoms with Crippen molar-refractivity contribution in [2.24, 2.45) is 0 Å². The molecule has 1 amide bonds. The molecule has 1 aliphatic rings. The molecule has 1 heterocycles. The Hall–Kier alpha value is -1.03. The minimum absolute atomic E-state index is 0.00973. The van der Waals surface area contributed by atoms with Gasteiger partial charge >= 0.3 is 0 Å². The van der Waals surface area contributed by atoms with E-state index in [2.05, 4.69) is 10.4 Å². The lowest BCUT2D eigenvalue weighted by molar-refractivity contribution is -0.118. The zero-order chi connectivity index (χ0) is 10.8. The molecule has 0 aromatic carbocycles. The summed E-state index contributed by atoms with van der Waals surface area (Å²) in [6.07, 6.45) is 4.45. The minimum Gasteiger partial charge on any atom is -0.351 e. The fourth-order valence-electron chi connectivity index (χ4n) is 1.46. The van der Waals surface area contributed by atoms with E-state index in [1.807, 2.05) is 17.8 Å². The highest BCUT2D eigenvalue weighted by atomic mass is 35.5. The van der Waals surface area contributed by atoms with E-state index in [0.717, 1.165) is 11.3 Å². The average molecular weight is 228 g/mol. The molecule has 82 valence electrons. The van der Waals surface area contributed by atoms with Crippen LogP contribution in [0.4, 0.5) is 0 Å². The molecule has 0 bridgehead atoms. The van der Waals surface area contributed by atoms with Crippen molar-refractivity contribution in [1.29, 1.82) is 0 Å². The molecule has 0 radical (unpaired) electrons. The van der Waals surface area contributed by atoms with E-state index >= 15 is 0 Å². The number of aromatic nitrogens is 2. The third-order valence-electron chi connectivity index (χ3n) is 2.54. The van der Waals surface area contributed by atoms with E-state index in [-0.39, 0.29) is 11.8 Å². The molecule has 2 rings (SSSR count). The lowest BCUT2D eigenvalue weighted by Crippen LogP contribution is -2.23. The van der Waals surface area contributed by atoms with Gasteiger partial charge in [0.25, 0.3) is 0 Å². The van der Waals surface area contributed by atoms with Gasteiger partial charge in [-0.3, -0.25) is 9.48 Å². The topological polar surface area (TPSA) is 46.9 Å². The number of nitrogens with zero attached hydrogens (tertiary/aromatic N) is 2. The molecular weight excluding hydrogens is 214 g/mol. The molecule has 0 unspecified atom stereocenters. The molecule has 1 saturated carbocycles. The predicted octanol–water partition coefficient (Wildman–Crippen LogP) is 1.38. The first-order valence-corrected chi connectivity index (χ1v) is 5.61. The number of halogens is 1. The normalized spacial score (nSPS) is 15.3. The maximum atomic E-state index is 11.0. The van der Waals surface area contributed by atoms with Crippen molar-refractivity contribution < 1.29 is 4.79 Å². The van der Waals surface area contributed by atoms with Crippen molar-refractivity contribution in [2.45, 2.75) is 32.4 Å². The number of carbonyl (C=O) groups excluding carboxylic acids is 1. The van der Waals surface area contributed by atoms with E-state index in [4.69, 9.17) is 11.6 Å². The molecule has 1 fully saturated rings. The van der Waals surface area contributed by atoms with Gasteiger partial charge in [0.1, 0.15) is 5.88 Å². The Morgan fingerprint density at radius 1 is 1.73 bits per heavy atom. The second-order valence-corrected chi connectivity index (χ2v) is 4.13. The Labute approximate surface area is 93.6 Å². The fourth-order valence-corrected chi connectivity index (χ4v) is 1.55. The number of hydrogen-bond donors (Lipinski definition) is 1. The van der Waals surface area contributed by atoms with Crippen molar-refractivity contribution in [1.82, 2.24) is 15.1 Å². The Morgan fingerprint density at radius 3 is 3.07 bits per heavy atom. The smallest absolute Gasteiger partial charge is 0.235 e. The minimum atomic E-state index is -0.143. The number of hydrogen-bond acceptors (Lipinski definition) is 2. The highest BCUT2D eigenvalue weighted by molar-refractivity contribution is 6.27. The summed E-state index contributed by atoms with van der Waals surface area (Å²) in [6, 6.07) is 0.584. The Balaban J connectivity index is 1.98. The lowest BCUT2D eigenvalue weighted by Gasteiger charge is -2.00. The largest absolute Gasteiger partial charge is 0.351 e. The second-order valence-electron chi connectivity index (χ2n) is 3.86. The first kappa shape index (κ1) is 10.5. The molecule has 4 nitrogen and oxygen atoms in total. The summed E-state index contributed by atoms with van der Waals surface area (Å²) in [5, 5.41) is 7.15. The summed E-state index contributed by atoms with van der Waals surface area (Å²) in [4.78, 5) is 11.0. The highest BCUT2D eigenvalue weighted by Crippen LogP contribution is 2.34. The number of carbonyl (C=O) groups is 1. The third-order valence-corrected chi connectivity index (χ3v) is 2.78. The standard InChI is InChI=1S/C10H14ClN3O/c1-7-8(5-12-10(15)4-11)6-14(13-7)9-2-3-9/h6,9H,2-5H2,1H3,(H,12,15). The first-order chi connectivity index (χ1) is 7.20. The van der Waals surface area contributed by atoms with Gasteiger partial charge in [0.05, 0.1) is 11.7 Å². The molecule has 1 aromatic heterocycles. The predicted molar refractivity (Wildman–Crippen MR) is 57.8 cm³/mol. The van der Waals surface area contributed by atoms with Crippen molar-refractivity contribution >= 4 is 17.5 Å². The average Bonchev–Trinajstić information content (AvgIpc) is 3.00. The molecule has 1 aromatic rings. The van der Waals surface area contributed by atoms with E-state index < -0.39 is 0 Å². The van der Waals surface area contributed by atoms with Crippen LogP contribution < -0.4 is 5.32 Å². The van der Waals surface area contributed by atoms with Crippen LogP contribution in [0.15, 0.2) is 6.20 Å². The highest BCUT2D eigenvalue weighted by Gasteiger charge is 2.25. The summed E-state index contributed by atoms with van der Waals surface area (Å²) < 4.78 is 2.00. The maximum absolute atomic E-state index is 11.0. The first-order valence-electron chi connectivity index (χ1n) is 5.08. The maximum Gasteiger partial charge on any atom is 0.235 e. The third kappa shape index (κ3) is 2.50. The van der Waals surface area contributed by atoms with Crippen LogP contribution in [0.1, 0.15) is 30.1 Å². The summed E-state index contributed by atoms with van der Waals surface area (Å²) in [5.74, 6) is -0.134. The van der Waals surface area contributed by atoms with Crippen molar-refractivity contribution in [3.8, 4) is 0 Å². The Kier molecular flexibility index (Phi) is 2.95. The number of rotatable bonds is 4. The van der Waals surface area contributed by atoms with Gasteiger partial charge in [0.2, 0.25) is 5.91 Å². The summed E-state index contributed by atoms with van der Waals surface area (Å²) in [5.41, 5.74) is 2.05. The van der Waals surface area contributed by atoms with Crippen LogP contribution in [0.5, 0.6) is 0 Å².